The molecule has 3 N–H and O–H groups in total. The molecule has 2 rings (SSSR count). The highest BCUT2D eigenvalue weighted by Crippen LogP contribution is 2.44. The van der Waals surface area contributed by atoms with Gasteiger partial charge in [-0.1, -0.05) is 0 Å². The molecule has 1 saturated carbocycles. The molecule has 0 aromatic heterocycles. The first-order chi connectivity index (χ1) is 9.62. The summed E-state index contributed by atoms with van der Waals surface area (Å²) in [6, 6.07) is 4.85. The van der Waals surface area contributed by atoms with Gasteiger partial charge in [0.15, 0.2) is 0 Å². The number of carbonyl (C=O) groups excluding carboxylic acids is 1. The van der Waals surface area contributed by atoms with E-state index in [9.17, 15) is 9.90 Å². The number of nitrogens with one attached hydrogen (secondary N) is 2. The highest BCUT2D eigenvalue weighted by atomic mass is 16.5. The molecule has 0 aliphatic heterocycles. The van der Waals surface area contributed by atoms with Crippen LogP contribution < -0.4 is 20.1 Å². The van der Waals surface area contributed by atoms with Gasteiger partial charge in [0.05, 0.1) is 26.5 Å². The zero-order valence-electron chi connectivity index (χ0n) is 11.7. The quantitative estimate of drug-likeness (QED) is 0.739. The molecular formula is C14H20N2O4. The van der Waals surface area contributed by atoms with Gasteiger partial charge in [0, 0.05) is 18.0 Å². The fourth-order valence-electron chi connectivity index (χ4n) is 1.90. The summed E-state index contributed by atoms with van der Waals surface area (Å²) in [5.41, 5.74) is 0.459. The Morgan fingerprint density at radius 2 is 2.10 bits per heavy atom. The lowest BCUT2D eigenvalue weighted by atomic mass is 10.1. The van der Waals surface area contributed by atoms with E-state index < -0.39 is 0 Å². The number of carbonyl (C=O) groups is 1. The molecule has 1 aliphatic rings. The molecule has 1 aliphatic carbocycles. The number of aliphatic hydroxyl groups excluding tert-OH is 1. The third kappa shape index (κ3) is 3.33. The predicted octanol–water partition coefficient (Wildman–Crippen LogP) is 1.60. The zero-order valence-corrected chi connectivity index (χ0v) is 11.7. The molecule has 0 bridgehead atoms. The van der Waals surface area contributed by atoms with Crippen LogP contribution in [0.4, 0.5) is 10.5 Å². The molecule has 110 valence electrons. The van der Waals surface area contributed by atoms with Crippen LogP contribution in [0.1, 0.15) is 12.8 Å². The Kier molecular flexibility index (Phi) is 4.34. The number of aliphatic hydroxyl groups is 1. The number of ether oxygens (including phenoxy) is 2. The highest BCUT2D eigenvalue weighted by molar-refractivity contribution is 5.91. The first kappa shape index (κ1) is 14.5. The summed E-state index contributed by atoms with van der Waals surface area (Å²) in [7, 11) is 3.10. The second kappa shape index (κ2) is 6.00. The van der Waals surface area contributed by atoms with Gasteiger partial charge in [0.25, 0.3) is 0 Å². The number of benzene rings is 1. The van der Waals surface area contributed by atoms with Crippen molar-refractivity contribution in [1.82, 2.24) is 5.32 Å². The summed E-state index contributed by atoms with van der Waals surface area (Å²) in [4.78, 5) is 11.8. The molecule has 6 heteroatoms. The fraction of sp³-hybridized carbons (Fsp3) is 0.500. The lowest BCUT2D eigenvalue weighted by molar-refractivity contribution is 0.206. The number of hydrogen-bond donors (Lipinski definition) is 3. The van der Waals surface area contributed by atoms with Gasteiger partial charge < -0.3 is 25.2 Å². The second-order valence-corrected chi connectivity index (χ2v) is 5.03. The smallest absolute Gasteiger partial charge is 0.319 e. The fourth-order valence-corrected chi connectivity index (χ4v) is 1.90. The van der Waals surface area contributed by atoms with Crippen LogP contribution in [0.25, 0.3) is 0 Å². The van der Waals surface area contributed by atoms with Crippen molar-refractivity contribution in [2.45, 2.75) is 12.8 Å². The predicted molar refractivity (Wildman–Crippen MR) is 75.3 cm³/mol. The van der Waals surface area contributed by atoms with Crippen molar-refractivity contribution >= 4 is 11.7 Å². The average Bonchev–Trinajstić information content (AvgIpc) is 3.26. The number of anilines is 1. The molecule has 0 heterocycles. The van der Waals surface area contributed by atoms with E-state index in [4.69, 9.17) is 9.47 Å². The normalized spacial score (nSPS) is 15.3. The molecular weight excluding hydrogens is 260 g/mol. The van der Waals surface area contributed by atoms with Crippen molar-refractivity contribution in [2.75, 3.05) is 32.7 Å². The summed E-state index contributed by atoms with van der Waals surface area (Å²) in [5, 5.41) is 14.7. The van der Waals surface area contributed by atoms with Crippen molar-refractivity contribution in [3.8, 4) is 11.5 Å². The molecule has 2 amide bonds. The molecule has 20 heavy (non-hydrogen) atoms. The van der Waals surface area contributed by atoms with Crippen molar-refractivity contribution in [2.24, 2.45) is 5.41 Å². The van der Waals surface area contributed by atoms with Gasteiger partial charge in [0.1, 0.15) is 11.5 Å². The summed E-state index contributed by atoms with van der Waals surface area (Å²) < 4.78 is 10.3. The first-order valence-corrected chi connectivity index (χ1v) is 6.50. The molecule has 0 atom stereocenters. The van der Waals surface area contributed by atoms with Crippen molar-refractivity contribution in [1.29, 1.82) is 0 Å². The number of rotatable bonds is 6. The van der Waals surface area contributed by atoms with Crippen molar-refractivity contribution < 1.29 is 19.4 Å². The number of hydrogen-bond acceptors (Lipinski definition) is 4. The Morgan fingerprint density at radius 1 is 1.35 bits per heavy atom. The van der Waals surface area contributed by atoms with Crippen LogP contribution >= 0.6 is 0 Å². The molecule has 1 fully saturated rings. The van der Waals surface area contributed by atoms with Crippen LogP contribution in [-0.2, 0) is 0 Å². The van der Waals surface area contributed by atoms with Gasteiger partial charge in [-0.25, -0.2) is 4.79 Å². The molecule has 0 saturated heterocycles. The topological polar surface area (TPSA) is 79.8 Å². The summed E-state index contributed by atoms with van der Waals surface area (Å²) >= 11 is 0. The number of urea groups is 1. The van der Waals surface area contributed by atoms with Gasteiger partial charge in [-0.2, -0.15) is 0 Å². The van der Waals surface area contributed by atoms with Gasteiger partial charge in [-0.3, -0.25) is 0 Å². The van der Waals surface area contributed by atoms with Crippen molar-refractivity contribution in [3.63, 3.8) is 0 Å². The Balaban J connectivity index is 1.93. The van der Waals surface area contributed by atoms with Crippen LogP contribution in [0, 0.1) is 5.41 Å². The minimum absolute atomic E-state index is 0.110. The largest absolute Gasteiger partial charge is 0.497 e. The maximum Gasteiger partial charge on any atom is 0.319 e. The van der Waals surface area contributed by atoms with Gasteiger partial charge >= 0.3 is 6.03 Å². The molecule has 6 nitrogen and oxygen atoms in total. The van der Waals surface area contributed by atoms with E-state index in [-0.39, 0.29) is 18.1 Å². The van der Waals surface area contributed by atoms with Gasteiger partial charge in [0.2, 0.25) is 0 Å². The van der Waals surface area contributed by atoms with Crippen LogP contribution in [-0.4, -0.2) is 38.5 Å². The molecule has 1 aromatic carbocycles. The lowest BCUT2D eigenvalue weighted by Gasteiger charge is -2.15. The average molecular weight is 280 g/mol. The van der Waals surface area contributed by atoms with E-state index in [1.54, 1.807) is 25.3 Å². The Hall–Kier alpha value is -1.95. The summed E-state index contributed by atoms with van der Waals surface area (Å²) in [6.07, 6.45) is 1.91. The zero-order chi connectivity index (χ0) is 14.6. The van der Waals surface area contributed by atoms with E-state index >= 15 is 0 Å². The van der Waals surface area contributed by atoms with E-state index in [2.05, 4.69) is 10.6 Å². The van der Waals surface area contributed by atoms with E-state index in [0.717, 1.165) is 12.8 Å². The standard InChI is InChI=1S/C14H20N2O4/c1-19-10-3-4-11(12(7-10)20-2)16-13(18)15-8-14(9-17)5-6-14/h3-4,7,17H,5-6,8-9H2,1-2H3,(H2,15,16,18). The maximum absolute atomic E-state index is 11.8. The van der Waals surface area contributed by atoms with Gasteiger partial charge in [-0.05, 0) is 25.0 Å². The SMILES string of the molecule is COc1ccc(NC(=O)NCC2(CO)CC2)c(OC)c1. The second-order valence-electron chi connectivity index (χ2n) is 5.03. The Bertz CT molecular complexity index is 486. The third-order valence-electron chi connectivity index (χ3n) is 3.57. The minimum Gasteiger partial charge on any atom is -0.497 e. The molecule has 0 radical (unpaired) electrons. The summed E-state index contributed by atoms with van der Waals surface area (Å²) in [5.74, 6) is 1.19. The first-order valence-electron chi connectivity index (χ1n) is 6.50. The van der Waals surface area contributed by atoms with Crippen LogP contribution in [0.15, 0.2) is 18.2 Å². The number of amides is 2. The summed E-state index contributed by atoms with van der Waals surface area (Å²) in [6.45, 7) is 0.590. The van der Waals surface area contributed by atoms with Gasteiger partial charge in [-0.15, -0.1) is 0 Å². The minimum atomic E-state index is -0.312. The Labute approximate surface area is 118 Å². The van der Waals surface area contributed by atoms with E-state index in [0.29, 0.717) is 23.7 Å². The van der Waals surface area contributed by atoms with E-state index in [1.165, 1.54) is 7.11 Å². The molecule has 0 unspecified atom stereocenters. The molecule has 0 spiro atoms. The van der Waals surface area contributed by atoms with E-state index in [1.807, 2.05) is 0 Å². The van der Waals surface area contributed by atoms with Crippen molar-refractivity contribution in [3.05, 3.63) is 18.2 Å². The lowest BCUT2D eigenvalue weighted by Crippen LogP contribution is -2.35. The number of methoxy groups -OCH3 is 2. The molecule has 1 aromatic rings. The maximum atomic E-state index is 11.8. The monoisotopic (exact) mass is 280 g/mol. The Morgan fingerprint density at radius 3 is 2.65 bits per heavy atom. The van der Waals surface area contributed by atoms with Crippen LogP contribution in [0.2, 0.25) is 0 Å². The third-order valence-corrected chi connectivity index (χ3v) is 3.57. The highest BCUT2D eigenvalue weighted by Gasteiger charge is 2.42. The van der Waals surface area contributed by atoms with Crippen LogP contribution in [0.5, 0.6) is 11.5 Å². The van der Waals surface area contributed by atoms with Crippen LogP contribution in [0.3, 0.4) is 0 Å².